The molecule has 0 aromatic heterocycles. The lowest BCUT2D eigenvalue weighted by molar-refractivity contribution is -0.118. The minimum absolute atomic E-state index is 0.0659. The standard InChI is InChI=1S/C10H12N2O3/c13-4-3-11-7-1-2-9-8(5-7)12-10(14)6-15-9/h1-2,5,11,13H,3-4,6H2,(H,12,14). The molecule has 1 aromatic carbocycles. The van der Waals surface area contributed by atoms with Crippen molar-refractivity contribution in [1.82, 2.24) is 0 Å². The van der Waals surface area contributed by atoms with E-state index in [-0.39, 0.29) is 19.1 Å². The minimum atomic E-state index is -0.151. The van der Waals surface area contributed by atoms with Gasteiger partial charge < -0.3 is 20.5 Å². The van der Waals surface area contributed by atoms with E-state index in [9.17, 15) is 4.79 Å². The molecule has 1 heterocycles. The molecule has 1 aliphatic rings. The number of carbonyl (C=O) groups excluding carboxylic acids is 1. The lowest BCUT2D eigenvalue weighted by Gasteiger charge is -2.18. The van der Waals surface area contributed by atoms with Crippen LogP contribution in [0.5, 0.6) is 5.75 Å². The number of fused-ring (bicyclic) bond motifs is 1. The Labute approximate surface area is 87.1 Å². The molecule has 0 bridgehead atoms. The van der Waals surface area contributed by atoms with Crippen molar-refractivity contribution >= 4 is 17.3 Å². The maximum absolute atomic E-state index is 11.1. The first-order chi connectivity index (χ1) is 7.29. The SMILES string of the molecule is O=C1COc2ccc(NCCO)cc2N1. The molecule has 0 saturated carbocycles. The Bertz CT molecular complexity index is 379. The van der Waals surface area contributed by atoms with Gasteiger partial charge in [-0.25, -0.2) is 0 Å². The smallest absolute Gasteiger partial charge is 0.262 e. The first kappa shape index (κ1) is 9.79. The highest BCUT2D eigenvalue weighted by atomic mass is 16.5. The predicted molar refractivity (Wildman–Crippen MR) is 56.1 cm³/mol. The van der Waals surface area contributed by atoms with Crippen LogP contribution in [0.15, 0.2) is 18.2 Å². The average Bonchev–Trinajstić information content (AvgIpc) is 2.25. The van der Waals surface area contributed by atoms with Gasteiger partial charge in [0.1, 0.15) is 5.75 Å². The highest BCUT2D eigenvalue weighted by molar-refractivity contribution is 5.95. The molecule has 1 aliphatic heterocycles. The van der Waals surface area contributed by atoms with Crippen LogP contribution in [0.25, 0.3) is 0 Å². The third kappa shape index (κ3) is 2.19. The van der Waals surface area contributed by atoms with Crippen LogP contribution in [-0.2, 0) is 4.79 Å². The van der Waals surface area contributed by atoms with Gasteiger partial charge in [-0.2, -0.15) is 0 Å². The molecule has 1 amide bonds. The molecular formula is C10H12N2O3. The third-order valence-corrected chi connectivity index (χ3v) is 2.05. The fraction of sp³-hybridized carbons (Fsp3) is 0.300. The van der Waals surface area contributed by atoms with Crippen LogP contribution >= 0.6 is 0 Å². The Kier molecular flexibility index (Phi) is 2.73. The lowest BCUT2D eigenvalue weighted by Crippen LogP contribution is -2.25. The molecule has 0 atom stereocenters. The Morgan fingerprint density at radius 1 is 1.53 bits per heavy atom. The maximum atomic E-state index is 11.1. The number of carbonyl (C=O) groups is 1. The van der Waals surface area contributed by atoms with Crippen molar-refractivity contribution in [3.05, 3.63) is 18.2 Å². The number of rotatable bonds is 3. The Morgan fingerprint density at radius 3 is 3.20 bits per heavy atom. The van der Waals surface area contributed by atoms with E-state index in [1.54, 1.807) is 12.1 Å². The number of nitrogens with one attached hydrogen (secondary N) is 2. The van der Waals surface area contributed by atoms with Gasteiger partial charge in [0, 0.05) is 12.2 Å². The molecule has 15 heavy (non-hydrogen) atoms. The Hall–Kier alpha value is -1.75. The Morgan fingerprint density at radius 2 is 2.40 bits per heavy atom. The van der Waals surface area contributed by atoms with Crippen LogP contribution in [-0.4, -0.2) is 30.8 Å². The second-order valence-electron chi connectivity index (χ2n) is 3.20. The van der Waals surface area contributed by atoms with E-state index in [0.29, 0.717) is 18.0 Å². The quantitative estimate of drug-likeness (QED) is 0.673. The summed E-state index contributed by atoms with van der Waals surface area (Å²) in [4.78, 5) is 11.1. The zero-order valence-corrected chi connectivity index (χ0v) is 8.12. The van der Waals surface area contributed by atoms with Gasteiger partial charge in [-0.05, 0) is 18.2 Å². The topological polar surface area (TPSA) is 70.6 Å². The van der Waals surface area contributed by atoms with E-state index >= 15 is 0 Å². The molecular weight excluding hydrogens is 196 g/mol. The maximum Gasteiger partial charge on any atom is 0.262 e. The molecule has 3 N–H and O–H groups in total. The second kappa shape index (κ2) is 4.18. The number of amides is 1. The summed E-state index contributed by atoms with van der Waals surface area (Å²) < 4.78 is 5.21. The van der Waals surface area contributed by atoms with Crippen LogP contribution in [0.3, 0.4) is 0 Å². The second-order valence-corrected chi connectivity index (χ2v) is 3.20. The summed E-state index contributed by atoms with van der Waals surface area (Å²) in [6.07, 6.45) is 0. The van der Waals surface area contributed by atoms with E-state index in [4.69, 9.17) is 9.84 Å². The zero-order valence-electron chi connectivity index (χ0n) is 8.12. The normalized spacial score (nSPS) is 13.8. The van der Waals surface area contributed by atoms with E-state index in [2.05, 4.69) is 10.6 Å². The number of ether oxygens (including phenoxy) is 1. The highest BCUT2D eigenvalue weighted by Crippen LogP contribution is 2.30. The van der Waals surface area contributed by atoms with Crippen LogP contribution in [0.1, 0.15) is 0 Å². The average molecular weight is 208 g/mol. The molecule has 2 rings (SSSR count). The van der Waals surface area contributed by atoms with E-state index in [1.807, 2.05) is 6.07 Å². The molecule has 80 valence electrons. The van der Waals surface area contributed by atoms with E-state index in [0.717, 1.165) is 5.69 Å². The summed E-state index contributed by atoms with van der Waals surface area (Å²) in [7, 11) is 0. The van der Waals surface area contributed by atoms with E-state index in [1.165, 1.54) is 0 Å². The van der Waals surface area contributed by atoms with Crippen molar-refractivity contribution in [2.24, 2.45) is 0 Å². The summed E-state index contributed by atoms with van der Waals surface area (Å²) in [6.45, 7) is 0.615. The largest absolute Gasteiger partial charge is 0.482 e. The van der Waals surface area contributed by atoms with Gasteiger partial charge in [0.2, 0.25) is 0 Å². The van der Waals surface area contributed by atoms with Crippen molar-refractivity contribution in [1.29, 1.82) is 0 Å². The fourth-order valence-electron chi connectivity index (χ4n) is 1.39. The molecule has 0 spiro atoms. The van der Waals surface area contributed by atoms with Crippen molar-refractivity contribution in [3.63, 3.8) is 0 Å². The van der Waals surface area contributed by atoms with Gasteiger partial charge in [0.25, 0.3) is 5.91 Å². The van der Waals surface area contributed by atoms with Crippen molar-refractivity contribution in [2.45, 2.75) is 0 Å². The molecule has 5 nitrogen and oxygen atoms in total. The van der Waals surface area contributed by atoms with Gasteiger partial charge >= 0.3 is 0 Å². The molecule has 0 aliphatic carbocycles. The lowest BCUT2D eigenvalue weighted by atomic mass is 10.2. The van der Waals surface area contributed by atoms with Gasteiger partial charge in [-0.1, -0.05) is 0 Å². The third-order valence-electron chi connectivity index (χ3n) is 2.05. The monoisotopic (exact) mass is 208 g/mol. The predicted octanol–water partition coefficient (Wildman–Crippen LogP) is 0.422. The summed E-state index contributed by atoms with van der Waals surface area (Å²) in [5.74, 6) is 0.519. The fourth-order valence-corrected chi connectivity index (χ4v) is 1.39. The number of hydrogen-bond acceptors (Lipinski definition) is 4. The molecule has 0 radical (unpaired) electrons. The van der Waals surface area contributed by atoms with Crippen LogP contribution in [0.4, 0.5) is 11.4 Å². The minimum Gasteiger partial charge on any atom is -0.482 e. The number of benzene rings is 1. The number of hydrogen-bond donors (Lipinski definition) is 3. The van der Waals surface area contributed by atoms with Crippen molar-refractivity contribution in [3.8, 4) is 5.75 Å². The first-order valence-electron chi connectivity index (χ1n) is 4.71. The Balaban J connectivity index is 2.17. The highest BCUT2D eigenvalue weighted by Gasteiger charge is 2.15. The molecule has 0 saturated heterocycles. The number of anilines is 2. The van der Waals surface area contributed by atoms with Gasteiger partial charge in [-0.3, -0.25) is 4.79 Å². The zero-order chi connectivity index (χ0) is 10.7. The number of aliphatic hydroxyl groups is 1. The summed E-state index contributed by atoms with van der Waals surface area (Å²) in [5, 5.41) is 14.4. The van der Waals surface area contributed by atoms with E-state index < -0.39 is 0 Å². The van der Waals surface area contributed by atoms with Crippen LogP contribution in [0.2, 0.25) is 0 Å². The van der Waals surface area contributed by atoms with Crippen molar-refractivity contribution in [2.75, 3.05) is 30.4 Å². The summed E-state index contributed by atoms with van der Waals surface area (Å²) in [6, 6.07) is 5.41. The van der Waals surface area contributed by atoms with Gasteiger partial charge in [-0.15, -0.1) is 0 Å². The molecule has 5 heteroatoms. The molecule has 0 unspecified atom stereocenters. The van der Waals surface area contributed by atoms with Gasteiger partial charge in [0.05, 0.1) is 12.3 Å². The van der Waals surface area contributed by atoms with Crippen LogP contribution in [0, 0.1) is 0 Å². The molecule has 0 fully saturated rings. The van der Waals surface area contributed by atoms with Gasteiger partial charge in [0.15, 0.2) is 6.61 Å². The summed E-state index contributed by atoms with van der Waals surface area (Å²) >= 11 is 0. The first-order valence-corrected chi connectivity index (χ1v) is 4.71. The number of aliphatic hydroxyl groups excluding tert-OH is 1. The van der Waals surface area contributed by atoms with Crippen molar-refractivity contribution < 1.29 is 14.6 Å². The summed E-state index contributed by atoms with van der Waals surface area (Å²) in [5.41, 5.74) is 1.50. The molecule has 1 aromatic rings. The van der Waals surface area contributed by atoms with Crippen LogP contribution < -0.4 is 15.4 Å².